The number of hydrogen-bond acceptors (Lipinski definition) is 3. The number of aliphatic carboxylic acids is 2. The SMILES string of the molecule is CC[C@](C)(C[C@H](Cc1ccc(-c2ccccc2)cc1)NC(=O)CCC(=O)O)C(=O)O. The molecule has 0 radical (unpaired) electrons. The minimum Gasteiger partial charge on any atom is -0.481 e. The van der Waals surface area contributed by atoms with Crippen LogP contribution in [0.4, 0.5) is 0 Å². The van der Waals surface area contributed by atoms with Gasteiger partial charge in [0.1, 0.15) is 0 Å². The van der Waals surface area contributed by atoms with Gasteiger partial charge >= 0.3 is 11.9 Å². The molecule has 0 fully saturated rings. The topological polar surface area (TPSA) is 104 Å². The average molecular weight is 411 g/mol. The molecular formula is C24H29NO5. The zero-order valence-corrected chi connectivity index (χ0v) is 17.4. The summed E-state index contributed by atoms with van der Waals surface area (Å²) in [4.78, 5) is 34.7. The first-order chi connectivity index (χ1) is 14.2. The van der Waals surface area contributed by atoms with E-state index in [-0.39, 0.29) is 25.2 Å². The molecule has 0 aliphatic rings. The second kappa shape index (κ2) is 10.6. The maximum Gasteiger partial charge on any atom is 0.309 e. The van der Waals surface area contributed by atoms with Crippen molar-refractivity contribution in [3.05, 3.63) is 60.2 Å². The van der Waals surface area contributed by atoms with Crippen molar-refractivity contribution in [3.63, 3.8) is 0 Å². The highest BCUT2D eigenvalue weighted by molar-refractivity contribution is 5.81. The molecular weight excluding hydrogens is 382 g/mol. The molecule has 6 nitrogen and oxygen atoms in total. The molecule has 2 rings (SSSR count). The molecule has 0 spiro atoms. The first kappa shape index (κ1) is 23.1. The highest BCUT2D eigenvalue weighted by Gasteiger charge is 2.34. The van der Waals surface area contributed by atoms with Crippen LogP contribution in [0.1, 0.15) is 45.1 Å². The lowest BCUT2D eigenvalue weighted by Crippen LogP contribution is -2.42. The minimum absolute atomic E-state index is 0.130. The smallest absolute Gasteiger partial charge is 0.309 e. The molecule has 30 heavy (non-hydrogen) atoms. The highest BCUT2D eigenvalue weighted by atomic mass is 16.4. The number of carbonyl (C=O) groups excluding carboxylic acids is 1. The van der Waals surface area contributed by atoms with Crippen molar-refractivity contribution in [2.24, 2.45) is 5.41 Å². The molecule has 0 unspecified atom stereocenters. The van der Waals surface area contributed by atoms with E-state index in [0.717, 1.165) is 16.7 Å². The quantitative estimate of drug-likeness (QED) is 0.516. The van der Waals surface area contributed by atoms with Crippen molar-refractivity contribution in [1.82, 2.24) is 5.32 Å². The number of carbonyl (C=O) groups is 3. The van der Waals surface area contributed by atoms with Crippen LogP contribution >= 0.6 is 0 Å². The maximum absolute atomic E-state index is 12.2. The van der Waals surface area contributed by atoms with Crippen molar-refractivity contribution >= 4 is 17.8 Å². The molecule has 0 saturated heterocycles. The van der Waals surface area contributed by atoms with E-state index in [1.807, 2.05) is 61.5 Å². The zero-order valence-electron chi connectivity index (χ0n) is 17.4. The standard InChI is InChI=1S/C24H29NO5/c1-3-24(2,23(29)30)16-20(25-21(26)13-14-22(27)28)15-17-9-11-19(12-10-17)18-7-5-4-6-8-18/h4-12,20H,3,13-16H2,1-2H3,(H,25,26)(H,27,28)(H,29,30)/t20-,24+/m0/s1. The first-order valence-electron chi connectivity index (χ1n) is 10.1. The Hall–Kier alpha value is -3.15. The fraction of sp³-hybridized carbons (Fsp3) is 0.375. The predicted molar refractivity (Wildman–Crippen MR) is 115 cm³/mol. The van der Waals surface area contributed by atoms with Crippen LogP contribution in [-0.2, 0) is 20.8 Å². The van der Waals surface area contributed by atoms with E-state index in [1.54, 1.807) is 6.92 Å². The molecule has 2 aromatic rings. The third-order valence-electron chi connectivity index (χ3n) is 5.47. The molecule has 3 N–H and O–H groups in total. The Bertz CT molecular complexity index is 863. The Labute approximate surface area is 176 Å². The zero-order chi connectivity index (χ0) is 22.1. The van der Waals surface area contributed by atoms with Gasteiger partial charge in [0.2, 0.25) is 5.91 Å². The Morgan fingerprint density at radius 2 is 1.53 bits per heavy atom. The molecule has 160 valence electrons. The molecule has 0 aromatic heterocycles. The maximum atomic E-state index is 12.2. The van der Waals surface area contributed by atoms with Gasteiger partial charge in [-0.2, -0.15) is 0 Å². The Morgan fingerprint density at radius 1 is 0.933 bits per heavy atom. The van der Waals surface area contributed by atoms with E-state index >= 15 is 0 Å². The van der Waals surface area contributed by atoms with E-state index < -0.39 is 23.4 Å². The van der Waals surface area contributed by atoms with Crippen LogP contribution in [0, 0.1) is 5.41 Å². The van der Waals surface area contributed by atoms with Crippen LogP contribution in [0.3, 0.4) is 0 Å². The summed E-state index contributed by atoms with van der Waals surface area (Å²) in [7, 11) is 0. The summed E-state index contributed by atoms with van der Waals surface area (Å²) in [5.74, 6) is -2.33. The largest absolute Gasteiger partial charge is 0.481 e. The molecule has 0 bridgehead atoms. The van der Waals surface area contributed by atoms with E-state index in [9.17, 15) is 19.5 Å². The van der Waals surface area contributed by atoms with Crippen molar-refractivity contribution in [2.75, 3.05) is 0 Å². The third kappa shape index (κ3) is 6.72. The summed E-state index contributed by atoms with van der Waals surface area (Å²) in [5, 5.41) is 21.3. The monoisotopic (exact) mass is 411 g/mol. The van der Waals surface area contributed by atoms with Crippen LogP contribution in [0.5, 0.6) is 0 Å². The molecule has 0 aliphatic heterocycles. The molecule has 2 aromatic carbocycles. The lowest BCUT2D eigenvalue weighted by Gasteiger charge is -2.29. The lowest BCUT2D eigenvalue weighted by molar-refractivity contribution is -0.149. The van der Waals surface area contributed by atoms with Crippen LogP contribution in [0.25, 0.3) is 11.1 Å². The Kier molecular flexibility index (Phi) is 8.16. The fourth-order valence-electron chi connectivity index (χ4n) is 3.37. The summed E-state index contributed by atoms with van der Waals surface area (Å²) in [5.41, 5.74) is 2.17. The van der Waals surface area contributed by atoms with Gasteiger partial charge in [-0.05, 0) is 42.9 Å². The number of rotatable bonds is 11. The van der Waals surface area contributed by atoms with Gasteiger partial charge in [-0.1, -0.05) is 61.5 Å². The van der Waals surface area contributed by atoms with Gasteiger partial charge in [-0.3, -0.25) is 14.4 Å². The molecule has 1 amide bonds. The number of nitrogens with one attached hydrogen (secondary N) is 1. The van der Waals surface area contributed by atoms with Crippen molar-refractivity contribution in [2.45, 2.75) is 52.0 Å². The van der Waals surface area contributed by atoms with Crippen molar-refractivity contribution in [1.29, 1.82) is 0 Å². The van der Waals surface area contributed by atoms with E-state index in [4.69, 9.17) is 5.11 Å². The second-order valence-electron chi connectivity index (χ2n) is 7.85. The first-order valence-corrected chi connectivity index (χ1v) is 10.1. The number of amides is 1. The lowest BCUT2D eigenvalue weighted by atomic mass is 9.79. The van der Waals surface area contributed by atoms with Crippen LogP contribution < -0.4 is 5.32 Å². The minimum atomic E-state index is -1.04. The molecule has 0 aliphatic carbocycles. The summed E-state index contributed by atoms with van der Waals surface area (Å²) in [6, 6.07) is 17.5. The van der Waals surface area contributed by atoms with Crippen LogP contribution in [-0.4, -0.2) is 34.1 Å². The molecule has 2 atom stereocenters. The van der Waals surface area contributed by atoms with E-state index in [0.29, 0.717) is 12.8 Å². The number of benzene rings is 2. The summed E-state index contributed by atoms with van der Waals surface area (Å²) < 4.78 is 0. The van der Waals surface area contributed by atoms with Crippen LogP contribution in [0.2, 0.25) is 0 Å². The molecule has 6 heteroatoms. The fourth-order valence-corrected chi connectivity index (χ4v) is 3.37. The van der Waals surface area contributed by atoms with Gasteiger partial charge in [-0.15, -0.1) is 0 Å². The van der Waals surface area contributed by atoms with Crippen LogP contribution in [0.15, 0.2) is 54.6 Å². The van der Waals surface area contributed by atoms with Gasteiger partial charge in [0.15, 0.2) is 0 Å². The highest BCUT2D eigenvalue weighted by Crippen LogP contribution is 2.29. The van der Waals surface area contributed by atoms with E-state index in [2.05, 4.69) is 5.32 Å². The Balaban J connectivity index is 2.15. The third-order valence-corrected chi connectivity index (χ3v) is 5.47. The molecule has 0 heterocycles. The summed E-state index contributed by atoms with van der Waals surface area (Å²) >= 11 is 0. The summed E-state index contributed by atoms with van der Waals surface area (Å²) in [6.45, 7) is 3.48. The van der Waals surface area contributed by atoms with Gasteiger partial charge in [0.25, 0.3) is 0 Å². The number of carboxylic acid groups (broad SMARTS) is 2. The second-order valence-corrected chi connectivity index (χ2v) is 7.85. The van der Waals surface area contributed by atoms with Gasteiger partial charge < -0.3 is 15.5 Å². The van der Waals surface area contributed by atoms with Gasteiger partial charge in [0, 0.05) is 12.5 Å². The van der Waals surface area contributed by atoms with Crippen molar-refractivity contribution in [3.8, 4) is 11.1 Å². The molecule has 0 saturated carbocycles. The van der Waals surface area contributed by atoms with Crippen molar-refractivity contribution < 1.29 is 24.6 Å². The van der Waals surface area contributed by atoms with Gasteiger partial charge in [-0.25, -0.2) is 0 Å². The van der Waals surface area contributed by atoms with Gasteiger partial charge in [0.05, 0.1) is 11.8 Å². The van der Waals surface area contributed by atoms with E-state index in [1.165, 1.54) is 0 Å². The number of carboxylic acids is 2. The average Bonchev–Trinajstić information content (AvgIpc) is 2.73. The normalized spacial score (nSPS) is 13.8. The summed E-state index contributed by atoms with van der Waals surface area (Å²) in [6.07, 6.45) is 0.772. The predicted octanol–water partition coefficient (Wildman–Crippen LogP) is 4.14. The number of hydrogen-bond donors (Lipinski definition) is 3. The Morgan fingerprint density at radius 3 is 2.07 bits per heavy atom.